The molecule has 0 spiro atoms. The van der Waals surface area contributed by atoms with E-state index in [-0.39, 0.29) is 5.56 Å². The van der Waals surface area contributed by atoms with E-state index in [1.165, 1.54) is 12.1 Å². The molecule has 0 radical (unpaired) electrons. The molecule has 1 aromatic heterocycles. The van der Waals surface area contributed by atoms with Crippen LogP contribution in [-0.2, 0) is 13.0 Å². The maximum atomic E-state index is 10.8. The van der Waals surface area contributed by atoms with Crippen LogP contribution in [0.25, 0.3) is 0 Å². The molecular weight excluding hydrogens is 302 g/mol. The fourth-order valence-corrected chi connectivity index (χ4v) is 2.83. The third kappa shape index (κ3) is 4.00. The predicted octanol–water partition coefficient (Wildman–Crippen LogP) is 2.73. The average Bonchev–Trinajstić information content (AvgIpc) is 2.94. The summed E-state index contributed by atoms with van der Waals surface area (Å²) in [7, 11) is 0. The summed E-state index contributed by atoms with van der Waals surface area (Å²) in [5.74, 6) is 1.47. The van der Waals surface area contributed by atoms with Crippen LogP contribution in [0.4, 0.5) is 0 Å². The Hall–Kier alpha value is -2.02. The van der Waals surface area contributed by atoms with Crippen molar-refractivity contribution >= 4 is 17.7 Å². The van der Waals surface area contributed by atoms with Crippen molar-refractivity contribution in [2.45, 2.75) is 32.0 Å². The van der Waals surface area contributed by atoms with Gasteiger partial charge in [0.15, 0.2) is 5.16 Å². The van der Waals surface area contributed by atoms with E-state index in [1.54, 1.807) is 23.9 Å². The topological polar surface area (TPSA) is 77.2 Å². The summed E-state index contributed by atoms with van der Waals surface area (Å²) in [5.41, 5.74) is 0.255. The van der Waals surface area contributed by atoms with E-state index >= 15 is 0 Å². The lowest BCUT2D eigenvalue weighted by Gasteiger charge is -2.07. The monoisotopic (exact) mass is 321 g/mol. The second-order valence-corrected chi connectivity index (χ2v) is 5.59. The van der Waals surface area contributed by atoms with Crippen LogP contribution in [0.5, 0.6) is 5.75 Å². The van der Waals surface area contributed by atoms with Crippen molar-refractivity contribution in [3.05, 3.63) is 35.7 Å². The average molecular weight is 321 g/mol. The molecule has 6 nitrogen and oxygen atoms in total. The molecule has 0 atom stereocenters. The molecule has 0 aliphatic heterocycles. The van der Waals surface area contributed by atoms with Crippen molar-refractivity contribution in [1.29, 1.82) is 0 Å². The molecule has 0 bridgehead atoms. The number of rotatable bonds is 8. The van der Waals surface area contributed by atoms with Gasteiger partial charge in [-0.2, -0.15) is 0 Å². The highest BCUT2D eigenvalue weighted by atomic mass is 32.2. The summed E-state index contributed by atoms with van der Waals surface area (Å²) >= 11 is 1.61. The van der Waals surface area contributed by atoms with Crippen molar-refractivity contribution in [1.82, 2.24) is 14.8 Å². The number of carboxylic acids is 1. The largest absolute Gasteiger partial charge is 0.493 e. The highest BCUT2D eigenvalue weighted by molar-refractivity contribution is 7.99. The van der Waals surface area contributed by atoms with Crippen LogP contribution < -0.4 is 4.74 Å². The van der Waals surface area contributed by atoms with E-state index < -0.39 is 5.97 Å². The van der Waals surface area contributed by atoms with E-state index in [4.69, 9.17) is 9.84 Å². The van der Waals surface area contributed by atoms with E-state index in [1.807, 2.05) is 0 Å². The summed E-state index contributed by atoms with van der Waals surface area (Å²) in [6, 6.07) is 6.40. The minimum atomic E-state index is -0.937. The third-order valence-corrected chi connectivity index (χ3v) is 4.04. The molecule has 7 heteroatoms. The first-order chi connectivity index (χ1) is 10.7. The number of aryl methyl sites for hydroxylation is 1. The fourth-order valence-electron chi connectivity index (χ4n) is 1.99. The third-order valence-electron chi connectivity index (χ3n) is 3.11. The normalized spacial score (nSPS) is 10.6. The molecule has 0 aliphatic rings. The van der Waals surface area contributed by atoms with Crippen molar-refractivity contribution in [2.75, 3.05) is 12.4 Å². The molecule has 2 aromatic rings. The smallest absolute Gasteiger partial charge is 0.335 e. The highest BCUT2D eigenvalue weighted by Gasteiger charge is 2.09. The molecule has 1 heterocycles. The zero-order valence-electron chi connectivity index (χ0n) is 12.7. The van der Waals surface area contributed by atoms with Gasteiger partial charge < -0.3 is 14.4 Å². The number of benzene rings is 1. The lowest BCUT2D eigenvalue weighted by atomic mass is 10.2. The maximum absolute atomic E-state index is 10.8. The first kappa shape index (κ1) is 16.4. The number of ether oxygens (including phenoxy) is 1. The van der Waals surface area contributed by atoms with Gasteiger partial charge in [-0.3, -0.25) is 0 Å². The molecule has 118 valence electrons. The van der Waals surface area contributed by atoms with Crippen LogP contribution in [0, 0.1) is 0 Å². The summed E-state index contributed by atoms with van der Waals surface area (Å²) < 4.78 is 7.70. The summed E-state index contributed by atoms with van der Waals surface area (Å²) in [6.45, 7) is 5.52. The lowest BCUT2D eigenvalue weighted by molar-refractivity contribution is 0.0697. The highest BCUT2D eigenvalue weighted by Crippen LogP contribution is 2.18. The molecule has 0 saturated carbocycles. The van der Waals surface area contributed by atoms with E-state index in [2.05, 4.69) is 28.6 Å². The zero-order valence-corrected chi connectivity index (χ0v) is 13.5. The second kappa shape index (κ2) is 7.84. The van der Waals surface area contributed by atoms with Gasteiger partial charge in [-0.15, -0.1) is 10.2 Å². The van der Waals surface area contributed by atoms with E-state index in [9.17, 15) is 4.79 Å². The van der Waals surface area contributed by atoms with Crippen LogP contribution in [0.15, 0.2) is 29.4 Å². The van der Waals surface area contributed by atoms with Gasteiger partial charge in [0, 0.05) is 18.7 Å². The van der Waals surface area contributed by atoms with Crippen molar-refractivity contribution in [3.63, 3.8) is 0 Å². The number of thioether (sulfide) groups is 1. The number of carboxylic acid groups (broad SMARTS) is 1. The molecule has 0 aliphatic carbocycles. The fraction of sp³-hybridized carbons (Fsp3) is 0.400. The van der Waals surface area contributed by atoms with Gasteiger partial charge >= 0.3 is 5.97 Å². The standard InChI is InChI=1S/C15H19N3O3S/c1-3-13-16-17-15(18(13)4-2)22-10-9-21-12-7-5-11(6-8-12)14(19)20/h5-8H,3-4,9-10H2,1-2H3,(H,19,20). The molecule has 1 aromatic carbocycles. The quantitative estimate of drug-likeness (QED) is 0.595. The van der Waals surface area contributed by atoms with Crippen LogP contribution in [0.3, 0.4) is 0 Å². The minimum Gasteiger partial charge on any atom is -0.493 e. The van der Waals surface area contributed by atoms with Gasteiger partial charge in [0.2, 0.25) is 0 Å². The van der Waals surface area contributed by atoms with Crippen LogP contribution in [0.1, 0.15) is 30.0 Å². The molecule has 1 N–H and O–H groups in total. The summed E-state index contributed by atoms with van der Waals surface area (Å²) in [5, 5.41) is 18.1. The maximum Gasteiger partial charge on any atom is 0.335 e. The Labute approximate surface area is 133 Å². The Bertz CT molecular complexity index is 625. The Morgan fingerprint density at radius 3 is 2.59 bits per heavy atom. The SMILES string of the molecule is CCc1nnc(SCCOc2ccc(C(=O)O)cc2)n1CC. The van der Waals surface area contributed by atoms with E-state index in [0.717, 1.165) is 29.7 Å². The summed E-state index contributed by atoms with van der Waals surface area (Å²) in [6.07, 6.45) is 0.869. The Morgan fingerprint density at radius 2 is 2.00 bits per heavy atom. The van der Waals surface area contributed by atoms with Crippen molar-refractivity contribution in [2.24, 2.45) is 0 Å². The molecular formula is C15H19N3O3S. The van der Waals surface area contributed by atoms with Crippen LogP contribution in [-0.4, -0.2) is 38.2 Å². The lowest BCUT2D eigenvalue weighted by Crippen LogP contribution is -2.05. The molecule has 22 heavy (non-hydrogen) atoms. The Balaban J connectivity index is 1.82. The number of hydrogen-bond acceptors (Lipinski definition) is 5. The van der Waals surface area contributed by atoms with Crippen molar-refractivity contribution in [3.8, 4) is 5.75 Å². The molecule has 0 fully saturated rings. The number of hydrogen-bond donors (Lipinski definition) is 1. The molecule has 0 unspecified atom stereocenters. The van der Waals surface area contributed by atoms with Gasteiger partial charge in [0.25, 0.3) is 0 Å². The summed E-state index contributed by atoms with van der Waals surface area (Å²) in [4.78, 5) is 10.8. The Kier molecular flexibility index (Phi) is 5.83. The number of carbonyl (C=O) groups is 1. The molecule has 0 amide bonds. The van der Waals surface area contributed by atoms with Gasteiger partial charge in [-0.25, -0.2) is 4.79 Å². The first-order valence-corrected chi connectivity index (χ1v) is 8.15. The van der Waals surface area contributed by atoms with Crippen molar-refractivity contribution < 1.29 is 14.6 Å². The first-order valence-electron chi connectivity index (χ1n) is 7.16. The van der Waals surface area contributed by atoms with Gasteiger partial charge in [-0.05, 0) is 31.2 Å². The second-order valence-electron chi connectivity index (χ2n) is 4.52. The predicted molar refractivity (Wildman–Crippen MR) is 84.7 cm³/mol. The number of nitrogens with zero attached hydrogens (tertiary/aromatic N) is 3. The zero-order chi connectivity index (χ0) is 15.9. The van der Waals surface area contributed by atoms with Crippen LogP contribution >= 0.6 is 11.8 Å². The minimum absolute atomic E-state index is 0.255. The molecule has 0 saturated heterocycles. The number of aromatic carboxylic acids is 1. The van der Waals surface area contributed by atoms with Gasteiger partial charge in [0.05, 0.1) is 12.2 Å². The van der Waals surface area contributed by atoms with Gasteiger partial charge in [0.1, 0.15) is 11.6 Å². The van der Waals surface area contributed by atoms with Crippen LogP contribution in [0.2, 0.25) is 0 Å². The van der Waals surface area contributed by atoms with E-state index in [0.29, 0.717) is 12.4 Å². The Morgan fingerprint density at radius 1 is 1.27 bits per heavy atom. The molecule has 2 rings (SSSR count). The van der Waals surface area contributed by atoms with Gasteiger partial charge in [-0.1, -0.05) is 18.7 Å². The number of aromatic nitrogens is 3.